The maximum atomic E-state index is 12.2. The van der Waals surface area contributed by atoms with Gasteiger partial charge in [0.25, 0.3) is 0 Å². The second kappa shape index (κ2) is 7.55. The molecule has 0 aromatic heterocycles. The molecule has 1 aliphatic rings. The first-order chi connectivity index (χ1) is 11.8. The fourth-order valence-electron chi connectivity index (χ4n) is 2.61. The molecule has 1 heterocycles. The highest BCUT2D eigenvalue weighted by atomic mass is 16.6. The Morgan fingerprint density at radius 3 is 2.48 bits per heavy atom. The molecular weight excluding hydrogens is 320 g/mol. The number of hydrogen-bond acceptors (Lipinski definition) is 5. The normalized spacial score (nSPS) is 19.0. The number of methoxy groups -OCH3 is 1. The molecular formula is C20H24O5. The maximum Gasteiger partial charge on any atom is 0.331 e. The van der Waals surface area contributed by atoms with Gasteiger partial charge in [0.1, 0.15) is 0 Å². The zero-order valence-electron chi connectivity index (χ0n) is 15.3. The minimum absolute atomic E-state index is 0.105. The van der Waals surface area contributed by atoms with Crippen molar-refractivity contribution in [3.63, 3.8) is 0 Å². The van der Waals surface area contributed by atoms with E-state index in [0.717, 1.165) is 17.6 Å². The maximum absolute atomic E-state index is 12.2. The topological polar surface area (TPSA) is 61.8 Å². The lowest BCUT2D eigenvalue weighted by Crippen LogP contribution is -2.24. The third kappa shape index (κ3) is 3.92. The van der Waals surface area contributed by atoms with Crippen LogP contribution in [0.5, 0.6) is 11.5 Å². The lowest BCUT2D eigenvalue weighted by molar-refractivity contribution is -0.145. The second-order valence-corrected chi connectivity index (χ2v) is 6.24. The van der Waals surface area contributed by atoms with Crippen LogP contribution in [0, 0.1) is 0 Å². The summed E-state index contributed by atoms with van der Waals surface area (Å²) >= 11 is 0. The van der Waals surface area contributed by atoms with Crippen LogP contribution < -0.4 is 9.47 Å². The molecule has 0 spiro atoms. The highest BCUT2D eigenvalue weighted by Crippen LogP contribution is 2.47. The van der Waals surface area contributed by atoms with Gasteiger partial charge in [0.05, 0.1) is 7.11 Å². The Kier molecular flexibility index (Phi) is 5.67. The molecule has 0 radical (unpaired) electrons. The Morgan fingerprint density at radius 2 is 1.96 bits per heavy atom. The summed E-state index contributed by atoms with van der Waals surface area (Å²) < 4.78 is 16.9. The van der Waals surface area contributed by atoms with Crippen molar-refractivity contribution in [3.8, 4) is 11.5 Å². The standard InChI is InChI=1S/C20H24O5/c1-7-12(4)8-17(22)24-20-15-9-14(13(5)21)10-16(23-6)19(15)25-18(20)11(2)3/h8-10,18,20H,2,7H2,1,3-6H3/t18-,20+/m0/s1. The zero-order chi connectivity index (χ0) is 18.7. The van der Waals surface area contributed by atoms with Crippen molar-refractivity contribution in [3.05, 3.63) is 47.1 Å². The fraction of sp³-hybridized carbons (Fsp3) is 0.400. The molecule has 0 amide bonds. The van der Waals surface area contributed by atoms with Gasteiger partial charge in [-0.25, -0.2) is 4.79 Å². The van der Waals surface area contributed by atoms with E-state index >= 15 is 0 Å². The molecule has 0 saturated heterocycles. The number of ketones is 1. The van der Waals surface area contributed by atoms with Gasteiger partial charge in [0.15, 0.2) is 29.5 Å². The summed E-state index contributed by atoms with van der Waals surface area (Å²) in [7, 11) is 1.51. The van der Waals surface area contributed by atoms with E-state index in [1.807, 2.05) is 20.8 Å². The summed E-state index contributed by atoms with van der Waals surface area (Å²) in [6, 6.07) is 3.32. The molecule has 1 aromatic rings. The number of rotatable bonds is 6. The van der Waals surface area contributed by atoms with Crippen LogP contribution in [0.15, 0.2) is 35.9 Å². The predicted octanol–water partition coefficient (Wildman–Crippen LogP) is 4.18. The summed E-state index contributed by atoms with van der Waals surface area (Å²) in [6.45, 7) is 11.0. The molecule has 0 N–H and O–H groups in total. The van der Waals surface area contributed by atoms with Crippen LogP contribution in [0.2, 0.25) is 0 Å². The van der Waals surface area contributed by atoms with Crippen molar-refractivity contribution in [2.75, 3.05) is 7.11 Å². The summed E-state index contributed by atoms with van der Waals surface area (Å²) in [5.41, 5.74) is 2.74. The van der Waals surface area contributed by atoms with Crippen molar-refractivity contribution < 1.29 is 23.8 Å². The summed E-state index contributed by atoms with van der Waals surface area (Å²) in [5.74, 6) is 0.369. The van der Waals surface area contributed by atoms with Crippen molar-refractivity contribution >= 4 is 11.8 Å². The van der Waals surface area contributed by atoms with Crippen LogP contribution in [0.1, 0.15) is 56.1 Å². The number of esters is 1. The molecule has 0 saturated carbocycles. The number of carbonyl (C=O) groups is 2. The average molecular weight is 344 g/mol. The van der Waals surface area contributed by atoms with E-state index in [0.29, 0.717) is 22.6 Å². The van der Waals surface area contributed by atoms with Gasteiger partial charge in [-0.3, -0.25) is 4.79 Å². The van der Waals surface area contributed by atoms with Crippen molar-refractivity contribution in [2.45, 2.75) is 46.3 Å². The minimum atomic E-state index is -0.672. The Labute approximate surface area is 148 Å². The molecule has 5 nitrogen and oxygen atoms in total. The third-order valence-corrected chi connectivity index (χ3v) is 4.19. The number of hydrogen-bond donors (Lipinski definition) is 0. The first-order valence-corrected chi connectivity index (χ1v) is 8.21. The fourth-order valence-corrected chi connectivity index (χ4v) is 2.61. The van der Waals surface area contributed by atoms with Gasteiger partial charge in [-0.15, -0.1) is 0 Å². The lowest BCUT2D eigenvalue weighted by Gasteiger charge is -2.19. The second-order valence-electron chi connectivity index (χ2n) is 6.24. The van der Waals surface area contributed by atoms with Crippen LogP contribution in [0.4, 0.5) is 0 Å². The van der Waals surface area contributed by atoms with E-state index in [9.17, 15) is 9.59 Å². The molecule has 0 unspecified atom stereocenters. The van der Waals surface area contributed by atoms with Gasteiger partial charge in [0, 0.05) is 17.2 Å². The first kappa shape index (κ1) is 18.8. The van der Waals surface area contributed by atoms with Crippen molar-refractivity contribution in [1.29, 1.82) is 0 Å². The quantitative estimate of drug-likeness (QED) is 0.335. The monoisotopic (exact) mass is 344 g/mol. The van der Waals surface area contributed by atoms with Crippen molar-refractivity contribution in [2.24, 2.45) is 0 Å². The third-order valence-electron chi connectivity index (χ3n) is 4.19. The molecule has 0 bridgehead atoms. The molecule has 5 heteroatoms. The van der Waals surface area contributed by atoms with Crippen LogP contribution in [0.25, 0.3) is 0 Å². The number of fused-ring (bicyclic) bond motifs is 1. The molecule has 0 aliphatic carbocycles. The largest absolute Gasteiger partial charge is 0.493 e. The lowest BCUT2D eigenvalue weighted by atomic mass is 9.99. The van der Waals surface area contributed by atoms with Gasteiger partial charge in [0.2, 0.25) is 0 Å². The highest BCUT2D eigenvalue weighted by molar-refractivity contribution is 5.95. The highest BCUT2D eigenvalue weighted by Gasteiger charge is 2.40. The summed E-state index contributed by atoms with van der Waals surface area (Å²) in [6.07, 6.45) is 1.04. The Hall–Kier alpha value is -2.56. The van der Waals surface area contributed by atoms with E-state index in [2.05, 4.69) is 6.58 Å². The van der Waals surface area contributed by atoms with E-state index in [-0.39, 0.29) is 5.78 Å². The van der Waals surface area contributed by atoms with E-state index in [1.165, 1.54) is 20.1 Å². The Morgan fingerprint density at radius 1 is 1.28 bits per heavy atom. The number of allylic oxidation sites excluding steroid dienone is 1. The molecule has 25 heavy (non-hydrogen) atoms. The zero-order valence-corrected chi connectivity index (χ0v) is 15.3. The molecule has 1 aliphatic heterocycles. The van der Waals surface area contributed by atoms with Crippen LogP contribution in [-0.4, -0.2) is 25.0 Å². The Balaban J connectivity index is 2.48. The van der Waals surface area contributed by atoms with E-state index in [4.69, 9.17) is 14.2 Å². The molecule has 1 aromatic carbocycles. The number of benzene rings is 1. The van der Waals surface area contributed by atoms with Gasteiger partial charge < -0.3 is 14.2 Å². The van der Waals surface area contributed by atoms with Gasteiger partial charge in [-0.05, 0) is 44.9 Å². The number of carbonyl (C=O) groups excluding carboxylic acids is 2. The number of Topliss-reactive ketones (excluding diaryl/α,β-unsaturated/α-hetero) is 1. The summed E-state index contributed by atoms with van der Waals surface area (Å²) in [4.78, 5) is 24.0. The van der Waals surface area contributed by atoms with Gasteiger partial charge >= 0.3 is 5.97 Å². The first-order valence-electron chi connectivity index (χ1n) is 8.21. The van der Waals surface area contributed by atoms with Gasteiger partial charge in [-0.2, -0.15) is 0 Å². The SMILES string of the molecule is C=C(C)[C@@H]1Oc2c(OC)cc(C(C)=O)cc2[C@H]1OC(=O)C=C(C)CC. The van der Waals surface area contributed by atoms with Gasteiger partial charge in [-0.1, -0.05) is 19.1 Å². The number of ether oxygens (including phenoxy) is 3. The molecule has 134 valence electrons. The summed E-state index contributed by atoms with van der Waals surface area (Å²) in [5, 5.41) is 0. The Bertz CT molecular complexity index is 745. The van der Waals surface area contributed by atoms with Crippen LogP contribution >= 0.6 is 0 Å². The van der Waals surface area contributed by atoms with E-state index in [1.54, 1.807) is 12.1 Å². The average Bonchev–Trinajstić information content (AvgIpc) is 2.92. The predicted molar refractivity (Wildman–Crippen MR) is 95.1 cm³/mol. The van der Waals surface area contributed by atoms with Crippen LogP contribution in [-0.2, 0) is 9.53 Å². The smallest absolute Gasteiger partial charge is 0.331 e. The molecule has 2 atom stereocenters. The molecule has 0 fully saturated rings. The van der Waals surface area contributed by atoms with Crippen LogP contribution in [0.3, 0.4) is 0 Å². The van der Waals surface area contributed by atoms with Crippen molar-refractivity contribution in [1.82, 2.24) is 0 Å². The minimum Gasteiger partial charge on any atom is -0.493 e. The molecule has 2 rings (SSSR count). The van der Waals surface area contributed by atoms with E-state index < -0.39 is 18.2 Å².